The molecule has 5 nitrogen and oxygen atoms in total. The molecule has 0 aliphatic rings. The Balaban J connectivity index is 2.34. The van der Waals surface area contributed by atoms with Gasteiger partial charge >= 0.3 is 0 Å². The van der Waals surface area contributed by atoms with Gasteiger partial charge in [0.25, 0.3) is 0 Å². The minimum absolute atomic E-state index is 0.0234. The number of anilines is 1. The van der Waals surface area contributed by atoms with Crippen molar-refractivity contribution in [2.45, 2.75) is 4.90 Å². The fourth-order valence-electron chi connectivity index (χ4n) is 1.62. The lowest BCUT2D eigenvalue weighted by Crippen LogP contribution is -2.18. The summed E-state index contributed by atoms with van der Waals surface area (Å²) in [4.78, 5) is 0.0234. The van der Waals surface area contributed by atoms with Crippen LogP contribution in [0.2, 0.25) is 0 Å². The Kier molecular flexibility index (Phi) is 4.50. The normalized spacial score (nSPS) is 11.4. The quantitative estimate of drug-likeness (QED) is 0.806. The minimum atomic E-state index is -3.58. The Labute approximate surface area is 130 Å². The third-order valence-electron chi connectivity index (χ3n) is 2.62. The van der Waals surface area contributed by atoms with Crippen LogP contribution in [-0.2, 0) is 10.0 Å². The van der Waals surface area contributed by atoms with Gasteiger partial charge in [-0.25, -0.2) is 17.5 Å². The van der Waals surface area contributed by atoms with E-state index in [1.54, 1.807) is 6.07 Å². The van der Waals surface area contributed by atoms with Crippen molar-refractivity contribution in [1.82, 2.24) is 4.72 Å². The molecule has 0 bridgehead atoms. The Morgan fingerprint density at radius 2 is 1.95 bits per heavy atom. The SMILES string of the molecule is CNS(=O)(=O)c1ccc(Oc2cc(F)cc(Br)c2)c(N)c1. The molecule has 112 valence electrons. The van der Waals surface area contributed by atoms with Gasteiger partial charge in [-0.2, -0.15) is 0 Å². The van der Waals surface area contributed by atoms with Gasteiger partial charge in [-0.1, -0.05) is 15.9 Å². The number of benzene rings is 2. The molecule has 2 rings (SSSR count). The van der Waals surface area contributed by atoms with E-state index >= 15 is 0 Å². The monoisotopic (exact) mass is 374 g/mol. The van der Waals surface area contributed by atoms with Gasteiger partial charge < -0.3 is 10.5 Å². The molecule has 2 aromatic carbocycles. The number of rotatable bonds is 4. The zero-order valence-electron chi connectivity index (χ0n) is 10.9. The number of ether oxygens (including phenoxy) is 1. The van der Waals surface area contributed by atoms with Crippen molar-refractivity contribution in [3.05, 3.63) is 46.7 Å². The molecule has 0 saturated carbocycles. The van der Waals surface area contributed by atoms with E-state index in [0.29, 0.717) is 4.47 Å². The van der Waals surface area contributed by atoms with E-state index in [1.807, 2.05) is 0 Å². The second-order valence-corrected chi connectivity index (χ2v) is 6.92. The molecule has 0 unspecified atom stereocenters. The summed E-state index contributed by atoms with van der Waals surface area (Å²) in [5, 5.41) is 0. The fourth-order valence-corrected chi connectivity index (χ4v) is 2.83. The lowest BCUT2D eigenvalue weighted by molar-refractivity contribution is 0.478. The highest BCUT2D eigenvalue weighted by Crippen LogP contribution is 2.31. The number of nitrogen functional groups attached to an aromatic ring is 1. The van der Waals surface area contributed by atoms with E-state index in [-0.39, 0.29) is 22.1 Å². The summed E-state index contributed by atoms with van der Waals surface area (Å²) in [5.74, 6) is 0.0210. The van der Waals surface area contributed by atoms with E-state index < -0.39 is 15.8 Å². The summed E-state index contributed by atoms with van der Waals surface area (Å²) in [6.45, 7) is 0. The summed E-state index contributed by atoms with van der Waals surface area (Å²) in [7, 11) is -2.27. The van der Waals surface area contributed by atoms with E-state index in [1.165, 1.54) is 37.4 Å². The highest BCUT2D eigenvalue weighted by molar-refractivity contribution is 9.10. The molecule has 0 atom stereocenters. The van der Waals surface area contributed by atoms with Crippen LogP contribution in [0.3, 0.4) is 0 Å². The predicted molar refractivity (Wildman–Crippen MR) is 81.3 cm³/mol. The maximum absolute atomic E-state index is 13.3. The Hall–Kier alpha value is -1.64. The molecular weight excluding hydrogens is 363 g/mol. The minimum Gasteiger partial charge on any atom is -0.455 e. The molecular formula is C13H12BrFN2O3S. The van der Waals surface area contributed by atoms with Crippen LogP contribution in [0.25, 0.3) is 0 Å². The third kappa shape index (κ3) is 3.72. The van der Waals surface area contributed by atoms with Crippen molar-refractivity contribution in [3.8, 4) is 11.5 Å². The van der Waals surface area contributed by atoms with Crippen LogP contribution in [0.1, 0.15) is 0 Å². The lowest BCUT2D eigenvalue weighted by Gasteiger charge is -2.10. The predicted octanol–water partition coefficient (Wildman–Crippen LogP) is 2.87. The standard InChI is InChI=1S/C13H12BrFN2O3S/c1-17-21(18,19)11-2-3-13(12(16)7-11)20-10-5-8(14)4-9(15)6-10/h2-7,17H,16H2,1H3. The van der Waals surface area contributed by atoms with E-state index in [9.17, 15) is 12.8 Å². The van der Waals surface area contributed by atoms with Crippen LogP contribution in [0.15, 0.2) is 45.8 Å². The zero-order valence-corrected chi connectivity index (χ0v) is 13.3. The van der Waals surface area contributed by atoms with E-state index in [0.717, 1.165) is 0 Å². The maximum atomic E-state index is 13.3. The summed E-state index contributed by atoms with van der Waals surface area (Å²) in [5.41, 5.74) is 5.91. The molecule has 0 spiro atoms. The number of nitrogens with two attached hydrogens (primary N) is 1. The van der Waals surface area contributed by atoms with Crippen molar-refractivity contribution in [2.75, 3.05) is 12.8 Å². The third-order valence-corrected chi connectivity index (χ3v) is 4.49. The molecule has 0 aromatic heterocycles. The first-order valence-corrected chi connectivity index (χ1v) is 8.06. The highest BCUT2D eigenvalue weighted by Gasteiger charge is 2.14. The molecule has 3 N–H and O–H groups in total. The van der Waals surface area contributed by atoms with Crippen LogP contribution in [0.4, 0.5) is 10.1 Å². The summed E-state index contributed by atoms with van der Waals surface area (Å²) in [6, 6.07) is 8.10. The lowest BCUT2D eigenvalue weighted by atomic mass is 10.3. The smallest absolute Gasteiger partial charge is 0.240 e. The van der Waals surface area contributed by atoms with Crippen LogP contribution in [0, 0.1) is 5.82 Å². The molecule has 0 heterocycles. The second kappa shape index (κ2) is 6.00. The summed E-state index contributed by atoms with van der Waals surface area (Å²) < 4.78 is 44.7. The first kappa shape index (κ1) is 15.7. The molecule has 0 aliphatic heterocycles. The number of hydrogen-bond donors (Lipinski definition) is 2. The van der Waals surface area contributed by atoms with Gasteiger partial charge in [-0.05, 0) is 37.4 Å². The topological polar surface area (TPSA) is 81.4 Å². The van der Waals surface area contributed by atoms with E-state index in [4.69, 9.17) is 10.5 Å². The Morgan fingerprint density at radius 1 is 1.24 bits per heavy atom. The first-order valence-electron chi connectivity index (χ1n) is 5.79. The van der Waals surface area contributed by atoms with Gasteiger partial charge in [0.1, 0.15) is 17.3 Å². The molecule has 21 heavy (non-hydrogen) atoms. The molecule has 2 aromatic rings. The van der Waals surface area contributed by atoms with Crippen molar-refractivity contribution in [3.63, 3.8) is 0 Å². The number of hydrogen-bond acceptors (Lipinski definition) is 4. The van der Waals surface area contributed by atoms with Crippen molar-refractivity contribution >= 4 is 31.6 Å². The summed E-state index contributed by atoms with van der Waals surface area (Å²) in [6.07, 6.45) is 0. The van der Waals surface area contributed by atoms with Crippen LogP contribution >= 0.6 is 15.9 Å². The van der Waals surface area contributed by atoms with Gasteiger partial charge in [-0.15, -0.1) is 0 Å². The van der Waals surface area contributed by atoms with Crippen molar-refractivity contribution in [1.29, 1.82) is 0 Å². The second-order valence-electron chi connectivity index (χ2n) is 4.11. The van der Waals surface area contributed by atoms with Gasteiger partial charge in [0.15, 0.2) is 0 Å². The van der Waals surface area contributed by atoms with Gasteiger partial charge in [0, 0.05) is 10.5 Å². The fraction of sp³-hybridized carbons (Fsp3) is 0.0769. The summed E-state index contributed by atoms with van der Waals surface area (Å²) >= 11 is 3.15. The van der Waals surface area contributed by atoms with Crippen LogP contribution in [0.5, 0.6) is 11.5 Å². The largest absolute Gasteiger partial charge is 0.455 e. The first-order chi connectivity index (χ1) is 9.81. The zero-order chi connectivity index (χ0) is 15.6. The van der Waals surface area contributed by atoms with E-state index in [2.05, 4.69) is 20.7 Å². The Morgan fingerprint density at radius 3 is 2.52 bits per heavy atom. The van der Waals surface area contributed by atoms with Crippen LogP contribution in [-0.4, -0.2) is 15.5 Å². The molecule has 0 fully saturated rings. The number of sulfonamides is 1. The molecule has 0 radical (unpaired) electrons. The van der Waals surface area contributed by atoms with Crippen molar-refractivity contribution in [2.24, 2.45) is 0 Å². The molecule has 8 heteroatoms. The van der Waals surface area contributed by atoms with Crippen molar-refractivity contribution < 1.29 is 17.5 Å². The molecule has 0 amide bonds. The average molecular weight is 375 g/mol. The molecule has 0 saturated heterocycles. The highest BCUT2D eigenvalue weighted by atomic mass is 79.9. The van der Waals surface area contributed by atoms with Gasteiger partial charge in [0.2, 0.25) is 10.0 Å². The Bertz CT molecular complexity index is 761. The van der Waals surface area contributed by atoms with Crippen LogP contribution < -0.4 is 15.2 Å². The molecule has 0 aliphatic carbocycles. The average Bonchev–Trinajstić information content (AvgIpc) is 2.40. The van der Waals surface area contributed by atoms with Gasteiger partial charge in [-0.3, -0.25) is 0 Å². The number of halogens is 2. The number of nitrogens with one attached hydrogen (secondary N) is 1. The van der Waals surface area contributed by atoms with Gasteiger partial charge in [0.05, 0.1) is 10.6 Å². The maximum Gasteiger partial charge on any atom is 0.240 e.